The van der Waals surface area contributed by atoms with Crippen LogP contribution < -0.4 is 14.8 Å². The van der Waals surface area contributed by atoms with Crippen LogP contribution in [0.2, 0.25) is 0 Å². The maximum Gasteiger partial charge on any atom is 0.310 e. The molecule has 0 bridgehead atoms. The Morgan fingerprint density at radius 2 is 1.65 bits per heavy atom. The number of carbonyl (C=O) groups is 2. The smallest absolute Gasteiger partial charge is 0.310 e. The van der Waals surface area contributed by atoms with Crippen molar-refractivity contribution in [2.45, 2.75) is 24.3 Å². The fourth-order valence-corrected chi connectivity index (χ4v) is 4.53. The fourth-order valence-electron chi connectivity index (χ4n) is 3.12. The van der Waals surface area contributed by atoms with Gasteiger partial charge in [0.25, 0.3) is 5.91 Å². The van der Waals surface area contributed by atoms with Gasteiger partial charge in [-0.3, -0.25) is 9.59 Å². The van der Waals surface area contributed by atoms with Crippen molar-refractivity contribution in [1.82, 2.24) is 4.31 Å². The van der Waals surface area contributed by atoms with Gasteiger partial charge in [0.2, 0.25) is 10.0 Å². The van der Waals surface area contributed by atoms with Crippen LogP contribution in [0.5, 0.6) is 11.5 Å². The molecule has 1 unspecified atom stereocenters. The first-order valence-corrected chi connectivity index (χ1v) is 12.2. The quantitative estimate of drug-likeness (QED) is 0.501. The van der Waals surface area contributed by atoms with Crippen molar-refractivity contribution in [3.63, 3.8) is 0 Å². The average molecular weight is 493 g/mol. The van der Waals surface area contributed by atoms with E-state index in [9.17, 15) is 18.0 Å². The van der Waals surface area contributed by atoms with Gasteiger partial charge in [0.05, 0.1) is 38.2 Å². The molecule has 3 rings (SSSR count). The number of benzene rings is 2. The minimum Gasteiger partial charge on any atom is -0.497 e. The number of anilines is 1. The molecule has 1 atom stereocenters. The number of carbonyl (C=O) groups excluding carboxylic acids is 2. The first-order valence-electron chi connectivity index (χ1n) is 10.7. The minimum absolute atomic E-state index is 0.0300. The summed E-state index contributed by atoms with van der Waals surface area (Å²) in [6.45, 7) is 2.87. The second-order valence-electron chi connectivity index (χ2n) is 7.44. The Labute approximate surface area is 198 Å². The van der Waals surface area contributed by atoms with Crippen molar-refractivity contribution in [2.24, 2.45) is 0 Å². The van der Waals surface area contributed by atoms with Gasteiger partial charge in [0.15, 0.2) is 6.10 Å². The molecule has 1 N–H and O–H groups in total. The molecule has 1 heterocycles. The lowest BCUT2D eigenvalue weighted by Gasteiger charge is -2.26. The lowest BCUT2D eigenvalue weighted by molar-refractivity contribution is -0.153. The molecule has 10 nitrogen and oxygen atoms in total. The Kier molecular flexibility index (Phi) is 8.85. The second kappa shape index (κ2) is 11.8. The highest BCUT2D eigenvalue weighted by Crippen LogP contribution is 2.20. The zero-order valence-corrected chi connectivity index (χ0v) is 19.9. The summed E-state index contributed by atoms with van der Waals surface area (Å²) in [5.74, 6) is 0.162. The maximum atomic E-state index is 12.7. The second-order valence-corrected chi connectivity index (χ2v) is 9.37. The molecule has 184 valence electrons. The van der Waals surface area contributed by atoms with E-state index in [0.29, 0.717) is 43.5 Å². The molecular weight excluding hydrogens is 464 g/mol. The molecule has 0 radical (unpaired) electrons. The highest BCUT2D eigenvalue weighted by molar-refractivity contribution is 7.89. The third-order valence-corrected chi connectivity index (χ3v) is 6.95. The van der Waals surface area contributed by atoms with Crippen LogP contribution in [0.1, 0.15) is 13.3 Å². The normalized spacial score (nSPS) is 15.2. The van der Waals surface area contributed by atoms with Gasteiger partial charge in [-0.05, 0) is 55.5 Å². The summed E-state index contributed by atoms with van der Waals surface area (Å²) in [4.78, 5) is 24.5. The number of nitrogens with one attached hydrogen (secondary N) is 1. The maximum absolute atomic E-state index is 12.7. The van der Waals surface area contributed by atoms with Crippen LogP contribution in [0.15, 0.2) is 53.4 Å². The zero-order chi connectivity index (χ0) is 24.6. The van der Waals surface area contributed by atoms with Gasteiger partial charge in [0, 0.05) is 18.8 Å². The Morgan fingerprint density at radius 3 is 2.26 bits per heavy atom. The molecular formula is C23H28N2O8S. The summed E-state index contributed by atoms with van der Waals surface area (Å²) in [5.41, 5.74) is 0.386. The molecule has 1 saturated heterocycles. The molecule has 0 saturated carbocycles. The molecule has 0 aliphatic carbocycles. The fraction of sp³-hybridized carbons (Fsp3) is 0.391. The largest absolute Gasteiger partial charge is 0.497 e. The number of amides is 1. The number of hydrogen-bond donors (Lipinski definition) is 1. The number of rotatable bonds is 10. The third-order valence-electron chi connectivity index (χ3n) is 5.04. The van der Waals surface area contributed by atoms with Crippen molar-refractivity contribution in [1.29, 1.82) is 0 Å². The van der Waals surface area contributed by atoms with Gasteiger partial charge < -0.3 is 24.3 Å². The number of hydrogen-bond acceptors (Lipinski definition) is 8. The van der Waals surface area contributed by atoms with E-state index in [1.54, 1.807) is 31.4 Å². The highest BCUT2D eigenvalue weighted by Gasteiger charge is 2.26. The van der Waals surface area contributed by atoms with Crippen molar-refractivity contribution in [3.8, 4) is 11.5 Å². The molecule has 0 spiro atoms. The zero-order valence-electron chi connectivity index (χ0n) is 19.1. The van der Waals surface area contributed by atoms with Crippen LogP contribution in [0.4, 0.5) is 5.69 Å². The predicted molar refractivity (Wildman–Crippen MR) is 123 cm³/mol. The number of nitrogens with zero attached hydrogens (tertiary/aromatic N) is 1. The third kappa shape index (κ3) is 6.92. The molecule has 2 aromatic carbocycles. The number of morpholine rings is 1. The highest BCUT2D eigenvalue weighted by atomic mass is 32.2. The van der Waals surface area contributed by atoms with Gasteiger partial charge in [0.1, 0.15) is 11.5 Å². The summed E-state index contributed by atoms with van der Waals surface area (Å²) >= 11 is 0. The Morgan fingerprint density at radius 1 is 1.03 bits per heavy atom. The molecule has 1 fully saturated rings. The molecule has 0 aromatic heterocycles. The van der Waals surface area contributed by atoms with Gasteiger partial charge >= 0.3 is 5.97 Å². The molecule has 34 heavy (non-hydrogen) atoms. The van der Waals surface area contributed by atoms with Crippen LogP contribution >= 0.6 is 0 Å². The van der Waals surface area contributed by atoms with Crippen molar-refractivity contribution < 1.29 is 37.0 Å². The first kappa shape index (κ1) is 25.5. The van der Waals surface area contributed by atoms with Crippen molar-refractivity contribution in [2.75, 3.05) is 45.3 Å². The minimum atomic E-state index is -3.62. The van der Waals surface area contributed by atoms with E-state index in [2.05, 4.69) is 5.32 Å². The molecule has 1 aliphatic heterocycles. The Balaban J connectivity index is 1.44. The summed E-state index contributed by atoms with van der Waals surface area (Å²) < 4.78 is 47.6. The van der Waals surface area contributed by atoms with E-state index < -0.39 is 28.0 Å². The van der Waals surface area contributed by atoms with E-state index in [0.717, 1.165) is 0 Å². The van der Waals surface area contributed by atoms with Crippen LogP contribution in [0.25, 0.3) is 0 Å². The number of ether oxygens (including phenoxy) is 4. The summed E-state index contributed by atoms with van der Waals surface area (Å²) in [6.07, 6.45) is -1.07. The Hall–Kier alpha value is -3.15. The number of sulfonamides is 1. The van der Waals surface area contributed by atoms with E-state index >= 15 is 0 Å². The number of esters is 1. The SMILES string of the molecule is COc1ccc(OCCC(=O)OC(C)C(=O)Nc2ccc(S(=O)(=O)N3CCOCC3)cc2)cc1. The van der Waals surface area contributed by atoms with Crippen LogP contribution in [0, 0.1) is 0 Å². The number of methoxy groups -OCH3 is 1. The standard InChI is InChI=1S/C23H28N2O8S/c1-17(33-22(26)11-14-32-20-7-5-19(30-2)6-8-20)23(27)24-18-3-9-21(10-4-18)34(28,29)25-12-15-31-16-13-25/h3-10,17H,11-16H2,1-2H3,(H,24,27). The monoisotopic (exact) mass is 492 g/mol. The molecule has 1 amide bonds. The van der Waals surface area contributed by atoms with Crippen molar-refractivity contribution >= 4 is 27.6 Å². The van der Waals surface area contributed by atoms with Crippen LogP contribution in [0.3, 0.4) is 0 Å². The van der Waals surface area contributed by atoms with E-state index in [4.69, 9.17) is 18.9 Å². The summed E-state index contributed by atoms with van der Waals surface area (Å²) in [7, 11) is -2.05. The van der Waals surface area contributed by atoms with E-state index in [1.807, 2.05) is 0 Å². The molecule has 2 aromatic rings. The van der Waals surface area contributed by atoms with E-state index in [1.165, 1.54) is 35.5 Å². The average Bonchev–Trinajstić information content (AvgIpc) is 2.85. The summed E-state index contributed by atoms with van der Waals surface area (Å²) in [5, 5.41) is 2.61. The first-order chi connectivity index (χ1) is 16.3. The summed E-state index contributed by atoms with van der Waals surface area (Å²) in [6, 6.07) is 12.7. The van der Waals surface area contributed by atoms with Gasteiger partial charge in [-0.15, -0.1) is 0 Å². The van der Waals surface area contributed by atoms with Crippen LogP contribution in [-0.2, 0) is 29.1 Å². The van der Waals surface area contributed by atoms with Gasteiger partial charge in [-0.25, -0.2) is 8.42 Å². The lowest BCUT2D eigenvalue weighted by atomic mass is 10.3. The van der Waals surface area contributed by atoms with Crippen LogP contribution in [-0.4, -0.2) is 70.7 Å². The topological polar surface area (TPSA) is 120 Å². The van der Waals surface area contributed by atoms with Crippen molar-refractivity contribution in [3.05, 3.63) is 48.5 Å². The molecule has 11 heteroatoms. The Bertz CT molecular complexity index is 1070. The van der Waals surface area contributed by atoms with Gasteiger partial charge in [-0.2, -0.15) is 4.31 Å². The van der Waals surface area contributed by atoms with Gasteiger partial charge in [-0.1, -0.05) is 0 Å². The lowest BCUT2D eigenvalue weighted by Crippen LogP contribution is -2.40. The predicted octanol–water partition coefficient (Wildman–Crippen LogP) is 2.06. The van der Waals surface area contributed by atoms with E-state index in [-0.39, 0.29) is 17.9 Å². The molecule has 1 aliphatic rings.